The molecule has 104 valence electrons. The second-order valence-corrected chi connectivity index (χ2v) is 5.17. The Bertz CT molecular complexity index is 438. The van der Waals surface area contributed by atoms with Gasteiger partial charge in [-0.15, -0.1) is 0 Å². The monoisotopic (exact) mass is 262 g/mol. The molecule has 0 aliphatic carbocycles. The highest BCUT2D eigenvalue weighted by Gasteiger charge is 2.29. The number of rotatable bonds is 2. The van der Waals surface area contributed by atoms with Gasteiger partial charge in [0.05, 0.1) is 12.8 Å². The zero-order valence-corrected chi connectivity index (χ0v) is 11.8. The molecule has 2 amide bonds. The lowest BCUT2D eigenvalue weighted by Gasteiger charge is -2.38. The Morgan fingerprint density at radius 1 is 1.26 bits per heavy atom. The molecule has 0 bridgehead atoms. The average Bonchev–Trinajstić information content (AvgIpc) is 2.39. The van der Waals surface area contributed by atoms with Gasteiger partial charge in [-0.3, -0.25) is 0 Å². The summed E-state index contributed by atoms with van der Waals surface area (Å²) in [6.45, 7) is 4.22. The van der Waals surface area contributed by atoms with E-state index in [0.29, 0.717) is 17.8 Å². The summed E-state index contributed by atoms with van der Waals surface area (Å²) in [7, 11) is 1.61. The van der Waals surface area contributed by atoms with Crippen LogP contribution in [0.3, 0.4) is 0 Å². The highest BCUT2D eigenvalue weighted by atomic mass is 16.5. The Labute approximate surface area is 114 Å². The van der Waals surface area contributed by atoms with Crippen molar-refractivity contribution in [3.05, 3.63) is 24.3 Å². The van der Waals surface area contributed by atoms with Gasteiger partial charge in [0.2, 0.25) is 0 Å². The number of likely N-dealkylation sites (tertiary alicyclic amines) is 1. The number of hydrogen-bond acceptors (Lipinski definition) is 2. The highest BCUT2D eigenvalue weighted by Crippen LogP contribution is 2.26. The van der Waals surface area contributed by atoms with Crippen molar-refractivity contribution in [2.75, 3.05) is 12.4 Å². The molecule has 4 heteroatoms. The van der Waals surface area contributed by atoms with Crippen LogP contribution in [0.4, 0.5) is 10.5 Å². The molecule has 2 unspecified atom stereocenters. The maximum Gasteiger partial charge on any atom is 0.322 e. The van der Waals surface area contributed by atoms with E-state index < -0.39 is 0 Å². The molecule has 2 atom stereocenters. The number of carbonyl (C=O) groups excluding carboxylic acids is 1. The van der Waals surface area contributed by atoms with Gasteiger partial charge in [-0.1, -0.05) is 12.1 Å². The molecular weight excluding hydrogens is 240 g/mol. The van der Waals surface area contributed by atoms with Gasteiger partial charge in [0.15, 0.2) is 0 Å². The van der Waals surface area contributed by atoms with Crippen LogP contribution in [0, 0.1) is 0 Å². The number of hydrogen-bond donors (Lipinski definition) is 1. The zero-order chi connectivity index (χ0) is 13.8. The predicted octanol–water partition coefficient (Wildman–Crippen LogP) is 3.49. The van der Waals surface area contributed by atoms with Crippen LogP contribution in [0.1, 0.15) is 33.1 Å². The molecule has 1 heterocycles. The number of methoxy groups -OCH3 is 1. The fourth-order valence-corrected chi connectivity index (χ4v) is 2.75. The number of anilines is 1. The van der Waals surface area contributed by atoms with Crippen LogP contribution in [-0.2, 0) is 0 Å². The molecule has 1 aliphatic rings. The van der Waals surface area contributed by atoms with Gasteiger partial charge in [0.1, 0.15) is 5.75 Å². The molecule has 4 nitrogen and oxygen atoms in total. The Balaban J connectivity index is 2.11. The SMILES string of the molecule is COc1ccccc1NC(=O)N1C(C)CCCC1C. The standard InChI is InChI=1S/C15H22N2O2/c1-11-7-6-8-12(2)17(11)15(18)16-13-9-4-5-10-14(13)19-3/h4-5,9-12H,6-8H2,1-3H3,(H,16,18). The van der Waals surface area contributed by atoms with Gasteiger partial charge >= 0.3 is 6.03 Å². The Kier molecular flexibility index (Phi) is 4.30. The number of piperidine rings is 1. The molecule has 1 N–H and O–H groups in total. The number of ether oxygens (including phenoxy) is 1. The van der Waals surface area contributed by atoms with Gasteiger partial charge in [-0.2, -0.15) is 0 Å². The largest absolute Gasteiger partial charge is 0.495 e. The van der Waals surface area contributed by atoms with Gasteiger partial charge in [0.25, 0.3) is 0 Å². The zero-order valence-electron chi connectivity index (χ0n) is 11.8. The van der Waals surface area contributed by atoms with E-state index in [9.17, 15) is 4.79 Å². The topological polar surface area (TPSA) is 41.6 Å². The van der Waals surface area contributed by atoms with E-state index in [1.54, 1.807) is 7.11 Å². The molecule has 0 saturated carbocycles. The minimum absolute atomic E-state index is 0.0378. The van der Waals surface area contributed by atoms with Gasteiger partial charge in [-0.05, 0) is 45.2 Å². The van der Waals surface area contributed by atoms with E-state index in [2.05, 4.69) is 19.2 Å². The molecule has 1 aromatic carbocycles. The van der Waals surface area contributed by atoms with Crippen molar-refractivity contribution >= 4 is 11.7 Å². The van der Waals surface area contributed by atoms with E-state index in [1.165, 1.54) is 6.42 Å². The Morgan fingerprint density at radius 2 is 1.89 bits per heavy atom. The summed E-state index contributed by atoms with van der Waals surface area (Å²) in [6.07, 6.45) is 3.34. The predicted molar refractivity (Wildman–Crippen MR) is 76.6 cm³/mol. The van der Waals surface area contributed by atoms with Gasteiger partial charge < -0.3 is 15.0 Å². The number of amides is 2. The minimum Gasteiger partial charge on any atom is -0.495 e. The Hall–Kier alpha value is -1.71. The quantitative estimate of drug-likeness (QED) is 0.886. The molecule has 1 aliphatic heterocycles. The van der Waals surface area contributed by atoms with E-state index in [-0.39, 0.29) is 6.03 Å². The first kappa shape index (κ1) is 13.7. The lowest BCUT2D eigenvalue weighted by atomic mass is 9.98. The van der Waals surface area contributed by atoms with Gasteiger partial charge in [-0.25, -0.2) is 4.79 Å². The lowest BCUT2D eigenvalue weighted by Crippen LogP contribution is -2.49. The maximum atomic E-state index is 12.4. The first-order chi connectivity index (χ1) is 9.13. The van der Waals surface area contributed by atoms with Crippen molar-refractivity contribution in [2.24, 2.45) is 0 Å². The summed E-state index contributed by atoms with van der Waals surface area (Å²) in [5.41, 5.74) is 0.722. The fourth-order valence-electron chi connectivity index (χ4n) is 2.75. The molecular formula is C15H22N2O2. The van der Waals surface area contributed by atoms with Crippen LogP contribution in [0.25, 0.3) is 0 Å². The summed E-state index contributed by atoms with van der Waals surface area (Å²) >= 11 is 0. The van der Waals surface area contributed by atoms with Crippen molar-refractivity contribution < 1.29 is 9.53 Å². The second-order valence-electron chi connectivity index (χ2n) is 5.17. The van der Waals surface area contributed by atoms with Crippen molar-refractivity contribution in [1.82, 2.24) is 4.90 Å². The van der Waals surface area contributed by atoms with Crippen molar-refractivity contribution in [3.63, 3.8) is 0 Å². The maximum absolute atomic E-state index is 12.4. The molecule has 2 rings (SSSR count). The van der Waals surface area contributed by atoms with Crippen LogP contribution in [0.15, 0.2) is 24.3 Å². The van der Waals surface area contributed by atoms with Gasteiger partial charge in [0, 0.05) is 12.1 Å². The van der Waals surface area contributed by atoms with Crippen LogP contribution in [0.2, 0.25) is 0 Å². The first-order valence-corrected chi connectivity index (χ1v) is 6.86. The molecule has 1 fully saturated rings. The summed E-state index contributed by atoms with van der Waals surface area (Å²) in [5.74, 6) is 0.688. The molecule has 19 heavy (non-hydrogen) atoms. The van der Waals surface area contributed by atoms with Crippen molar-refractivity contribution in [3.8, 4) is 5.75 Å². The second kappa shape index (κ2) is 5.95. The van der Waals surface area contributed by atoms with Crippen LogP contribution in [-0.4, -0.2) is 30.1 Å². The fraction of sp³-hybridized carbons (Fsp3) is 0.533. The molecule has 1 aromatic rings. The summed E-state index contributed by atoms with van der Waals surface area (Å²) < 4.78 is 5.25. The smallest absolute Gasteiger partial charge is 0.322 e. The lowest BCUT2D eigenvalue weighted by molar-refractivity contribution is 0.133. The van der Waals surface area contributed by atoms with E-state index >= 15 is 0 Å². The summed E-state index contributed by atoms with van der Waals surface area (Å²) in [6, 6.07) is 8.03. The summed E-state index contributed by atoms with van der Waals surface area (Å²) in [5, 5.41) is 2.95. The number of urea groups is 1. The van der Waals surface area contributed by atoms with E-state index in [4.69, 9.17) is 4.74 Å². The molecule has 0 spiro atoms. The van der Waals surface area contributed by atoms with Crippen LogP contribution < -0.4 is 10.1 Å². The normalized spacial score (nSPS) is 23.0. The number of nitrogens with one attached hydrogen (secondary N) is 1. The highest BCUT2D eigenvalue weighted by molar-refractivity contribution is 5.91. The third kappa shape index (κ3) is 3.00. The third-order valence-corrected chi connectivity index (χ3v) is 3.78. The molecule has 1 saturated heterocycles. The number of para-hydroxylation sites is 2. The molecule has 0 aromatic heterocycles. The first-order valence-electron chi connectivity index (χ1n) is 6.86. The third-order valence-electron chi connectivity index (χ3n) is 3.78. The van der Waals surface area contributed by atoms with Crippen molar-refractivity contribution in [2.45, 2.75) is 45.2 Å². The number of nitrogens with zero attached hydrogens (tertiary/aromatic N) is 1. The van der Waals surface area contributed by atoms with E-state index in [1.807, 2.05) is 29.2 Å². The van der Waals surface area contributed by atoms with Crippen LogP contribution in [0.5, 0.6) is 5.75 Å². The molecule has 0 radical (unpaired) electrons. The number of benzene rings is 1. The number of carbonyl (C=O) groups is 1. The van der Waals surface area contributed by atoms with Crippen molar-refractivity contribution in [1.29, 1.82) is 0 Å². The van der Waals surface area contributed by atoms with Crippen LogP contribution >= 0.6 is 0 Å². The average molecular weight is 262 g/mol. The summed E-state index contributed by atoms with van der Waals surface area (Å²) in [4.78, 5) is 14.4. The Morgan fingerprint density at radius 3 is 2.53 bits per heavy atom. The van der Waals surface area contributed by atoms with E-state index in [0.717, 1.165) is 18.5 Å². The minimum atomic E-state index is -0.0378.